The molecule has 0 spiro atoms. The minimum Gasteiger partial charge on any atom is -0.477 e. The van der Waals surface area contributed by atoms with Crippen molar-refractivity contribution in [2.24, 2.45) is 0 Å². The van der Waals surface area contributed by atoms with Crippen LogP contribution in [0.3, 0.4) is 0 Å². The fraction of sp³-hybridized carbons (Fsp3) is 0.429. The van der Waals surface area contributed by atoms with Gasteiger partial charge in [0.2, 0.25) is 0 Å². The Morgan fingerprint density at radius 2 is 2.42 bits per heavy atom. The van der Waals surface area contributed by atoms with Gasteiger partial charge in [0.1, 0.15) is 9.48 Å². The summed E-state index contributed by atoms with van der Waals surface area (Å²) in [5.74, 6) is -0.915. The molecule has 0 amide bonds. The Kier molecular flexibility index (Phi) is 3.22. The molecular formula is C7H8BrNO2S. The average molecular weight is 250 g/mol. The smallest absolute Gasteiger partial charge is 0.348 e. The first-order valence-corrected chi connectivity index (χ1v) is 5.14. The van der Waals surface area contributed by atoms with Crippen molar-refractivity contribution < 1.29 is 9.90 Å². The molecule has 1 rings (SSSR count). The van der Waals surface area contributed by atoms with E-state index in [-0.39, 0.29) is 0 Å². The normalized spacial score (nSPS) is 10.2. The molecule has 12 heavy (non-hydrogen) atoms. The summed E-state index contributed by atoms with van der Waals surface area (Å²) in [5.41, 5.74) is 0. The van der Waals surface area contributed by atoms with Crippen LogP contribution in [0.4, 0.5) is 0 Å². The van der Waals surface area contributed by atoms with Crippen molar-refractivity contribution in [3.8, 4) is 0 Å². The first kappa shape index (κ1) is 9.67. The van der Waals surface area contributed by atoms with Crippen molar-refractivity contribution >= 4 is 33.2 Å². The number of carbonyl (C=O) groups is 1. The molecule has 1 heterocycles. The van der Waals surface area contributed by atoms with E-state index in [4.69, 9.17) is 5.11 Å². The second kappa shape index (κ2) is 4.00. The number of rotatable bonds is 3. The lowest BCUT2D eigenvalue weighted by atomic mass is 10.4. The van der Waals surface area contributed by atoms with Gasteiger partial charge in [-0.05, 0) is 28.8 Å². The van der Waals surface area contributed by atoms with E-state index < -0.39 is 5.97 Å². The number of aromatic carboxylic acids is 1. The third-order valence-electron chi connectivity index (χ3n) is 1.29. The zero-order chi connectivity index (χ0) is 9.14. The van der Waals surface area contributed by atoms with Crippen molar-refractivity contribution in [1.82, 2.24) is 4.98 Å². The fourth-order valence-electron chi connectivity index (χ4n) is 0.796. The van der Waals surface area contributed by atoms with Crippen LogP contribution in [0.15, 0.2) is 4.60 Å². The van der Waals surface area contributed by atoms with Crippen molar-refractivity contribution in [3.05, 3.63) is 14.5 Å². The highest BCUT2D eigenvalue weighted by molar-refractivity contribution is 9.10. The number of hydrogen-bond donors (Lipinski definition) is 1. The van der Waals surface area contributed by atoms with Gasteiger partial charge in [-0.1, -0.05) is 6.92 Å². The topological polar surface area (TPSA) is 50.2 Å². The molecule has 1 aromatic heterocycles. The summed E-state index contributed by atoms with van der Waals surface area (Å²) in [4.78, 5) is 14.9. The van der Waals surface area contributed by atoms with Gasteiger partial charge in [-0.2, -0.15) is 0 Å². The minimum absolute atomic E-state index is 0.290. The molecule has 1 N–H and O–H groups in total. The second-order valence-electron chi connectivity index (χ2n) is 2.28. The van der Waals surface area contributed by atoms with Gasteiger partial charge < -0.3 is 5.11 Å². The monoisotopic (exact) mass is 249 g/mol. The zero-order valence-corrected chi connectivity index (χ0v) is 8.91. The van der Waals surface area contributed by atoms with Crippen LogP contribution >= 0.6 is 27.3 Å². The molecule has 0 saturated carbocycles. The van der Waals surface area contributed by atoms with Gasteiger partial charge in [-0.25, -0.2) is 9.78 Å². The van der Waals surface area contributed by atoms with Crippen LogP contribution < -0.4 is 0 Å². The highest BCUT2D eigenvalue weighted by atomic mass is 79.9. The summed E-state index contributed by atoms with van der Waals surface area (Å²) >= 11 is 4.34. The largest absolute Gasteiger partial charge is 0.477 e. The molecule has 1 aromatic rings. The number of thiazole rings is 1. The maximum Gasteiger partial charge on any atom is 0.348 e. The summed E-state index contributed by atoms with van der Waals surface area (Å²) in [6.45, 7) is 2.04. The Bertz CT molecular complexity index is 298. The number of nitrogens with zero attached hydrogens (tertiary/aromatic N) is 1. The Morgan fingerprint density at radius 1 is 1.75 bits per heavy atom. The van der Waals surface area contributed by atoms with E-state index in [1.165, 1.54) is 11.3 Å². The highest BCUT2D eigenvalue weighted by Gasteiger charge is 2.14. The number of halogens is 1. The van der Waals surface area contributed by atoms with E-state index in [0.29, 0.717) is 9.48 Å². The van der Waals surface area contributed by atoms with Gasteiger partial charge in [0.15, 0.2) is 0 Å². The molecule has 0 aliphatic rings. The summed E-state index contributed by atoms with van der Waals surface area (Å²) in [5, 5.41) is 9.56. The summed E-state index contributed by atoms with van der Waals surface area (Å²) in [6.07, 6.45) is 1.83. The standard InChI is InChI=1S/C7H8BrNO2S/c1-2-3-4-9-6(8)5(12-4)7(10)11/h2-3H2,1H3,(H,10,11). The van der Waals surface area contributed by atoms with Crippen LogP contribution in [0.5, 0.6) is 0 Å². The van der Waals surface area contributed by atoms with E-state index in [9.17, 15) is 4.79 Å². The third-order valence-corrected chi connectivity index (χ3v) is 3.23. The summed E-state index contributed by atoms with van der Waals surface area (Å²) in [7, 11) is 0. The molecule has 0 fully saturated rings. The quantitative estimate of drug-likeness (QED) is 0.896. The van der Waals surface area contributed by atoms with E-state index in [0.717, 1.165) is 17.8 Å². The van der Waals surface area contributed by atoms with Gasteiger partial charge >= 0.3 is 5.97 Å². The molecule has 0 aliphatic heterocycles. The number of carboxylic acids is 1. The first-order chi connectivity index (χ1) is 5.65. The fourth-order valence-corrected chi connectivity index (χ4v) is 2.44. The third kappa shape index (κ3) is 2.04. The van der Waals surface area contributed by atoms with Gasteiger partial charge in [0.05, 0.1) is 5.01 Å². The minimum atomic E-state index is -0.915. The molecule has 0 unspecified atom stereocenters. The maximum atomic E-state index is 10.6. The Morgan fingerprint density at radius 3 is 2.83 bits per heavy atom. The van der Waals surface area contributed by atoms with Crippen molar-refractivity contribution in [2.75, 3.05) is 0 Å². The molecule has 0 radical (unpaired) electrons. The predicted molar refractivity (Wildman–Crippen MR) is 50.8 cm³/mol. The van der Waals surface area contributed by atoms with Crippen LogP contribution in [0, 0.1) is 0 Å². The predicted octanol–water partition coefficient (Wildman–Crippen LogP) is 2.56. The van der Waals surface area contributed by atoms with E-state index in [1.807, 2.05) is 6.92 Å². The van der Waals surface area contributed by atoms with Gasteiger partial charge in [-0.3, -0.25) is 0 Å². The molecule has 3 nitrogen and oxygen atoms in total. The average Bonchev–Trinajstić information content (AvgIpc) is 2.32. The summed E-state index contributed by atoms with van der Waals surface area (Å²) < 4.78 is 0.448. The van der Waals surface area contributed by atoms with Gasteiger partial charge in [0, 0.05) is 0 Å². The highest BCUT2D eigenvalue weighted by Crippen LogP contribution is 2.24. The van der Waals surface area contributed by atoms with E-state index >= 15 is 0 Å². The Hall–Kier alpha value is -0.420. The zero-order valence-electron chi connectivity index (χ0n) is 6.50. The number of aromatic nitrogens is 1. The molecular weight excluding hydrogens is 242 g/mol. The van der Waals surface area contributed by atoms with Crippen LogP contribution in [0.2, 0.25) is 0 Å². The van der Waals surface area contributed by atoms with Crippen molar-refractivity contribution in [2.45, 2.75) is 19.8 Å². The first-order valence-electron chi connectivity index (χ1n) is 3.53. The molecule has 0 aliphatic carbocycles. The molecule has 0 aromatic carbocycles. The summed E-state index contributed by atoms with van der Waals surface area (Å²) in [6, 6.07) is 0. The van der Waals surface area contributed by atoms with Crippen LogP contribution in [0.25, 0.3) is 0 Å². The van der Waals surface area contributed by atoms with Gasteiger partial charge in [0.25, 0.3) is 0 Å². The van der Waals surface area contributed by atoms with Crippen LogP contribution in [0.1, 0.15) is 28.0 Å². The van der Waals surface area contributed by atoms with Crippen LogP contribution in [-0.2, 0) is 6.42 Å². The number of aryl methyl sites for hydroxylation is 1. The van der Waals surface area contributed by atoms with Gasteiger partial charge in [-0.15, -0.1) is 11.3 Å². The van der Waals surface area contributed by atoms with Crippen molar-refractivity contribution in [1.29, 1.82) is 0 Å². The lowest BCUT2D eigenvalue weighted by Gasteiger charge is -1.85. The van der Waals surface area contributed by atoms with Crippen molar-refractivity contribution in [3.63, 3.8) is 0 Å². The number of hydrogen-bond acceptors (Lipinski definition) is 3. The number of carboxylic acid groups (broad SMARTS) is 1. The SMILES string of the molecule is CCCc1nc(Br)c(C(=O)O)s1. The Balaban J connectivity index is 2.92. The molecule has 5 heteroatoms. The van der Waals surface area contributed by atoms with Crippen LogP contribution in [-0.4, -0.2) is 16.1 Å². The van der Waals surface area contributed by atoms with E-state index in [2.05, 4.69) is 20.9 Å². The maximum absolute atomic E-state index is 10.6. The lowest BCUT2D eigenvalue weighted by Crippen LogP contribution is -1.91. The van der Waals surface area contributed by atoms with E-state index in [1.54, 1.807) is 0 Å². The lowest BCUT2D eigenvalue weighted by molar-refractivity contribution is 0.0701. The second-order valence-corrected chi connectivity index (χ2v) is 4.12. The molecule has 0 atom stereocenters. The Labute approximate surface area is 82.6 Å². The molecule has 66 valence electrons. The molecule has 0 bridgehead atoms. The molecule has 0 saturated heterocycles.